The van der Waals surface area contributed by atoms with Crippen molar-refractivity contribution in [2.45, 2.75) is 0 Å². The number of ether oxygens (including phenoxy) is 1. The zero-order valence-electron chi connectivity index (χ0n) is 19.2. The summed E-state index contributed by atoms with van der Waals surface area (Å²) in [6, 6.07) is 27.1. The summed E-state index contributed by atoms with van der Waals surface area (Å²) in [5.74, 6) is -0.983. The minimum atomic E-state index is -0.514. The van der Waals surface area contributed by atoms with Crippen LogP contribution in [0.3, 0.4) is 0 Å². The van der Waals surface area contributed by atoms with E-state index in [9.17, 15) is 14.4 Å². The van der Waals surface area contributed by atoms with Gasteiger partial charge in [-0.25, -0.2) is 10.2 Å². The first-order chi connectivity index (χ1) is 17.9. The number of nitrogens with one attached hydrogen (secondary N) is 2. The number of hydrogen-bond acceptors (Lipinski definition) is 5. The third kappa shape index (κ3) is 7.22. The summed E-state index contributed by atoms with van der Waals surface area (Å²) in [5.41, 5.74) is 4.61. The molecule has 0 aromatic heterocycles. The van der Waals surface area contributed by atoms with Crippen LogP contribution in [0, 0.1) is 0 Å². The van der Waals surface area contributed by atoms with Crippen LogP contribution in [0.4, 0.5) is 5.69 Å². The van der Waals surface area contributed by atoms with Crippen molar-refractivity contribution in [1.82, 2.24) is 5.43 Å². The van der Waals surface area contributed by atoms with E-state index < -0.39 is 11.9 Å². The van der Waals surface area contributed by atoms with Crippen LogP contribution in [0.15, 0.2) is 111 Å². The van der Waals surface area contributed by atoms with E-state index in [1.807, 2.05) is 0 Å². The lowest BCUT2D eigenvalue weighted by Gasteiger charge is -2.08. The van der Waals surface area contributed by atoms with Crippen LogP contribution in [0.25, 0.3) is 0 Å². The standard InChI is InChI=1S/C28H19Br2N3O4/c29-22-12-8-18(9-13-22)26(34)32-24-6-3-5-20(16-24)27(35)33-31-17-21-4-1-2-7-25(21)37-28(36)19-10-14-23(30)15-11-19/h1-17H,(H,32,34)(H,33,35). The third-order valence-corrected chi connectivity index (χ3v) is 6.12. The lowest BCUT2D eigenvalue weighted by molar-refractivity contribution is 0.0734. The normalized spacial score (nSPS) is 10.6. The van der Waals surface area contributed by atoms with Gasteiger partial charge in [-0.3, -0.25) is 9.59 Å². The molecule has 4 aromatic carbocycles. The molecule has 0 aliphatic rings. The number of anilines is 1. The number of amides is 2. The Balaban J connectivity index is 1.39. The van der Waals surface area contributed by atoms with Gasteiger partial charge in [0.15, 0.2) is 0 Å². The van der Waals surface area contributed by atoms with Gasteiger partial charge >= 0.3 is 5.97 Å². The molecule has 0 bridgehead atoms. The summed E-state index contributed by atoms with van der Waals surface area (Å²) in [5, 5.41) is 6.78. The van der Waals surface area contributed by atoms with Crippen molar-refractivity contribution in [3.05, 3.63) is 128 Å². The SMILES string of the molecule is O=C(NN=Cc1ccccc1OC(=O)c1ccc(Br)cc1)c1cccc(NC(=O)c2ccc(Br)cc2)c1. The highest BCUT2D eigenvalue weighted by Gasteiger charge is 2.12. The van der Waals surface area contributed by atoms with Gasteiger partial charge in [-0.15, -0.1) is 0 Å². The molecule has 0 atom stereocenters. The quantitative estimate of drug-likeness (QED) is 0.107. The Morgan fingerprint density at radius 3 is 2.05 bits per heavy atom. The van der Waals surface area contributed by atoms with E-state index in [0.29, 0.717) is 33.7 Å². The average Bonchev–Trinajstić information content (AvgIpc) is 2.90. The Bertz CT molecular complexity index is 1470. The van der Waals surface area contributed by atoms with Crippen molar-refractivity contribution in [3.8, 4) is 5.75 Å². The minimum absolute atomic E-state index is 0.294. The molecule has 0 saturated carbocycles. The Hall–Kier alpha value is -4.08. The molecule has 7 nitrogen and oxygen atoms in total. The number of halogens is 2. The number of hydrogen-bond donors (Lipinski definition) is 2. The van der Waals surface area contributed by atoms with Crippen LogP contribution in [-0.2, 0) is 0 Å². The molecule has 0 saturated heterocycles. The summed E-state index contributed by atoms with van der Waals surface area (Å²) in [7, 11) is 0. The Labute approximate surface area is 229 Å². The minimum Gasteiger partial charge on any atom is -0.422 e. The number of benzene rings is 4. The first-order valence-electron chi connectivity index (χ1n) is 11.0. The first-order valence-corrected chi connectivity index (χ1v) is 12.5. The van der Waals surface area contributed by atoms with Gasteiger partial charge in [0.25, 0.3) is 11.8 Å². The number of para-hydroxylation sites is 1. The molecule has 0 heterocycles. The van der Waals surface area contributed by atoms with E-state index in [4.69, 9.17) is 4.74 Å². The summed E-state index contributed by atoms with van der Waals surface area (Å²) in [6.45, 7) is 0. The van der Waals surface area contributed by atoms with Gasteiger partial charge in [-0.05, 0) is 78.9 Å². The van der Waals surface area contributed by atoms with Crippen molar-refractivity contribution in [1.29, 1.82) is 0 Å². The highest BCUT2D eigenvalue weighted by molar-refractivity contribution is 9.10. The van der Waals surface area contributed by atoms with Gasteiger partial charge in [-0.1, -0.05) is 50.1 Å². The smallest absolute Gasteiger partial charge is 0.343 e. The highest BCUT2D eigenvalue weighted by atomic mass is 79.9. The van der Waals surface area contributed by atoms with Crippen LogP contribution in [0.1, 0.15) is 36.6 Å². The molecule has 0 radical (unpaired) electrons. The van der Waals surface area contributed by atoms with Gasteiger partial charge < -0.3 is 10.1 Å². The number of nitrogens with zero attached hydrogens (tertiary/aromatic N) is 1. The van der Waals surface area contributed by atoms with E-state index in [0.717, 1.165) is 8.95 Å². The molecule has 0 spiro atoms. The first kappa shape index (κ1) is 26.0. The second kappa shape index (κ2) is 12.2. The number of rotatable bonds is 7. The van der Waals surface area contributed by atoms with Crippen molar-refractivity contribution in [2.24, 2.45) is 5.10 Å². The van der Waals surface area contributed by atoms with Gasteiger partial charge in [0, 0.05) is 31.3 Å². The van der Waals surface area contributed by atoms with E-state index in [1.165, 1.54) is 6.21 Å². The molecule has 4 rings (SSSR count). The largest absolute Gasteiger partial charge is 0.422 e. The molecule has 0 aliphatic heterocycles. The van der Waals surface area contributed by atoms with Gasteiger partial charge in [-0.2, -0.15) is 5.10 Å². The van der Waals surface area contributed by atoms with Crippen molar-refractivity contribution < 1.29 is 19.1 Å². The fraction of sp³-hybridized carbons (Fsp3) is 0. The monoisotopic (exact) mass is 619 g/mol. The molecular formula is C28H19Br2N3O4. The van der Waals surface area contributed by atoms with E-state index >= 15 is 0 Å². The molecule has 0 unspecified atom stereocenters. The molecular weight excluding hydrogens is 602 g/mol. The second-order valence-electron chi connectivity index (χ2n) is 7.68. The summed E-state index contributed by atoms with van der Waals surface area (Å²) >= 11 is 6.67. The predicted molar refractivity (Wildman–Crippen MR) is 149 cm³/mol. The summed E-state index contributed by atoms with van der Waals surface area (Å²) < 4.78 is 7.23. The van der Waals surface area contributed by atoms with Crippen molar-refractivity contribution >= 4 is 61.5 Å². The van der Waals surface area contributed by atoms with Crippen LogP contribution < -0.4 is 15.5 Å². The number of carbonyl (C=O) groups excluding carboxylic acids is 3. The summed E-state index contributed by atoms with van der Waals surface area (Å²) in [6.07, 6.45) is 1.39. The van der Waals surface area contributed by atoms with Crippen molar-refractivity contribution in [3.63, 3.8) is 0 Å². The van der Waals surface area contributed by atoms with Crippen LogP contribution in [0.5, 0.6) is 5.75 Å². The molecule has 4 aromatic rings. The highest BCUT2D eigenvalue weighted by Crippen LogP contribution is 2.19. The molecule has 184 valence electrons. The Kier molecular flexibility index (Phi) is 8.60. The van der Waals surface area contributed by atoms with E-state index in [-0.39, 0.29) is 5.91 Å². The lowest BCUT2D eigenvalue weighted by Crippen LogP contribution is -2.18. The van der Waals surface area contributed by atoms with E-state index in [2.05, 4.69) is 47.7 Å². The Morgan fingerprint density at radius 2 is 1.35 bits per heavy atom. The molecule has 0 fully saturated rings. The van der Waals surface area contributed by atoms with Crippen LogP contribution in [-0.4, -0.2) is 24.0 Å². The Morgan fingerprint density at radius 1 is 0.703 bits per heavy atom. The molecule has 2 amide bonds. The zero-order valence-corrected chi connectivity index (χ0v) is 22.3. The molecule has 9 heteroatoms. The predicted octanol–water partition coefficient (Wildman–Crippen LogP) is 6.45. The summed E-state index contributed by atoms with van der Waals surface area (Å²) in [4.78, 5) is 37.6. The molecule has 37 heavy (non-hydrogen) atoms. The lowest BCUT2D eigenvalue weighted by atomic mass is 10.1. The van der Waals surface area contributed by atoms with Gasteiger partial charge in [0.05, 0.1) is 11.8 Å². The maximum atomic E-state index is 12.6. The maximum Gasteiger partial charge on any atom is 0.343 e. The maximum absolute atomic E-state index is 12.6. The number of hydrazone groups is 1. The fourth-order valence-electron chi connectivity index (χ4n) is 3.19. The third-order valence-electron chi connectivity index (χ3n) is 5.06. The fourth-order valence-corrected chi connectivity index (χ4v) is 3.72. The molecule has 2 N–H and O–H groups in total. The van der Waals surface area contributed by atoms with Gasteiger partial charge in [0.1, 0.15) is 5.75 Å². The molecule has 0 aliphatic carbocycles. The number of carbonyl (C=O) groups is 3. The van der Waals surface area contributed by atoms with E-state index in [1.54, 1.807) is 97.1 Å². The van der Waals surface area contributed by atoms with Gasteiger partial charge in [0.2, 0.25) is 0 Å². The zero-order chi connectivity index (χ0) is 26.2. The van der Waals surface area contributed by atoms with Crippen LogP contribution >= 0.6 is 31.9 Å². The topological polar surface area (TPSA) is 96.9 Å². The second-order valence-corrected chi connectivity index (χ2v) is 9.51. The average molecular weight is 621 g/mol. The van der Waals surface area contributed by atoms with Crippen LogP contribution in [0.2, 0.25) is 0 Å². The number of esters is 1. The van der Waals surface area contributed by atoms with Crippen molar-refractivity contribution in [2.75, 3.05) is 5.32 Å².